The SMILES string of the molecule is CCC(C)C(=O)CCSC. The number of hydrogen-bond acceptors (Lipinski definition) is 2. The molecule has 0 saturated carbocycles. The average Bonchev–Trinajstić information content (AvgIpc) is 1.98. The van der Waals surface area contributed by atoms with E-state index in [0.717, 1.165) is 18.6 Å². The van der Waals surface area contributed by atoms with Crippen LogP contribution in [0.5, 0.6) is 0 Å². The number of ketones is 1. The van der Waals surface area contributed by atoms with Crippen LogP contribution in [0.15, 0.2) is 0 Å². The quantitative estimate of drug-likeness (QED) is 0.614. The van der Waals surface area contributed by atoms with Crippen molar-refractivity contribution in [1.29, 1.82) is 0 Å². The van der Waals surface area contributed by atoms with Gasteiger partial charge in [-0.2, -0.15) is 11.8 Å². The van der Waals surface area contributed by atoms with Gasteiger partial charge in [0.1, 0.15) is 5.78 Å². The second kappa shape index (κ2) is 5.78. The number of carbonyl (C=O) groups is 1. The molecule has 60 valence electrons. The molecule has 0 heterocycles. The molecular formula is C8H16OS. The molecule has 0 aliphatic rings. The number of rotatable bonds is 5. The molecule has 10 heavy (non-hydrogen) atoms. The van der Waals surface area contributed by atoms with Crippen molar-refractivity contribution in [2.45, 2.75) is 26.7 Å². The lowest BCUT2D eigenvalue weighted by Gasteiger charge is -2.04. The highest BCUT2D eigenvalue weighted by Gasteiger charge is 2.08. The summed E-state index contributed by atoms with van der Waals surface area (Å²) in [5, 5.41) is 0. The van der Waals surface area contributed by atoms with Gasteiger partial charge in [0.15, 0.2) is 0 Å². The third kappa shape index (κ3) is 3.94. The lowest BCUT2D eigenvalue weighted by atomic mass is 10.0. The minimum atomic E-state index is 0.271. The molecule has 0 fully saturated rings. The molecule has 0 saturated heterocycles. The van der Waals surface area contributed by atoms with Crippen molar-refractivity contribution >= 4 is 17.5 Å². The molecule has 0 aliphatic heterocycles. The molecule has 1 atom stereocenters. The topological polar surface area (TPSA) is 17.1 Å². The number of hydrogen-bond donors (Lipinski definition) is 0. The van der Waals surface area contributed by atoms with E-state index in [0.29, 0.717) is 5.78 Å². The highest BCUT2D eigenvalue weighted by Crippen LogP contribution is 2.07. The highest BCUT2D eigenvalue weighted by molar-refractivity contribution is 7.98. The molecule has 0 aromatic carbocycles. The second-order valence-electron chi connectivity index (χ2n) is 2.52. The van der Waals surface area contributed by atoms with Gasteiger partial charge >= 0.3 is 0 Å². The van der Waals surface area contributed by atoms with Crippen LogP contribution in [-0.4, -0.2) is 17.8 Å². The molecule has 0 aromatic heterocycles. The summed E-state index contributed by atoms with van der Waals surface area (Å²) in [6, 6.07) is 0. The molecule has 0 spiro atoms. The van der Waals surface area contributed by atoms with Crippen LogP contribution >= 0.6 is 11.8 Å². The zero-order valence-corrected chi connectivity index (χ0v) is 7.83. The van der Waals surface area contributed by atoms with Crippen LogP contribution in [0.1, 0.15) is 26.7 Å². The number of Topliss-reactive ketones (excluding diaryl/α,β-unsaturated/α-hetero) is 1. The van der Waals surface area contributed by atoms with E-state index < -0.39 is 0 Å². The third-order valence-corrected chi connectivity index (χ3v) is 2.33. The summed E-state index contributed by atoms with van der Waals surface area (Å²) in [5.74, 6) is 1.66. The minimum absolute atomic E-state index is 0.271. The van der Waals surface area contributed by atoms with Crippen molar-refractivity contribution in [2.24, 2.45) is 5.92 Å². The van der Waals surface area contributed by atoms with Gasteiger partial charge in [-0.3, -0.25) is 4.79 Å². The Morgan fingerprint density at radius 2 is 2.20 bits per heavy atom. The molecule has 2 heteroatoms. The van der Waals surface area contributed by atoms with Crippen molar-refractivity contribution < 1.29 is 4.79 Å². The standard InChI is InChI=1S/C8H16OS/c1-4-7(2)8(9)5-6-10-3/h7H,4-6H2,1-3H3. The molecule has 0 rings (SSSR count). The van der Waals surface area contributed by atoms with E-state index in [2.05, 4.69) is 6.92 Å². The molecule has 0 radical (unpaired) electrons. The summed E-state index contributed by atoms with van der Waals surface area (Å²) in [5.41, 5.74) is 0. The van der Waals surface area contributed by atoms with Gasteiger partial charge in [-0.25, -0.2) is 0 Å². The first kappa shape index (κ1) is 10.0. The van der Waals surface area contributed by atoms with E-state index in [-0.39, 0.29) is 5.92 Å². The van der Waals surface area contributed by atoms with Crippen LogP contribution in [-0.2, 0) is 4.79 Å². The largest absolute Gasteiger partial charge is 0.299 e. The predicted octanol–water partition coefficient (Wildman–Crippen LogP) is 2.35. The van der Waals surface area contributed by atoms with Gasteiger partial charge in [-0.15, -0.1) is 0 Å². The van der Waals surface area contributed by atoms with Gasteiger partial charge in [-0.1, -0.05) is 13.8 Å². The fraction of sp³-hybridized carbons (Fsp3) is 0.875. The normalized spacial score (nSPS) is 13.1. The van der Waals surface area contributed by atoms with Gasteiger partial charge in [-0.05, 0) is 18.4 Å². The molecule has 0 N–H and O–H groups in total. The van der Waals surface area contributed by atoms with Crippen LogP contribution in [0.25, 0.3) is 0 Å². The number of thioether (sulfide) groups is 1. The molecule has 1 unspecified atom stereocenters. The number of carbonyl (C=O) groups excluding carboxylic acids is 1. The summed E-state index contributed by atoms with van der Waals surface area (Å²) in [7, 11) is 0. The minimum Gasteiger partial charge on any atom is -0.299 e. The first-order valence-corrected chi connectivity index (χ1v) is 5.13. The zero-order valence-electron chi connectivity index (χ0n) is 7.02. The Balaban J connectivity index is 3.42. The third-order valence-electron chi connectivity index (χ3n) is 1.71. The van der Waals surface area contributed by atoms with Crippen LogP contribution in [0.3, 0.4) is 0 Å². The van der Waals surface area contributed by atoms with E-state index in [1.807, 2.05) is 13.2 Å². The Kier molecular flexibility index (Phi) is 5.79. The van der Waals surface area contributed by atoms with Crippen molar-refractivity contribution in [3.05, 3.63) is 0 Å². The summed E-state index contributed by atoms with van der Waals surface area (Å²) in [6.45, 7) is 4.06. The van der Waals surface area contributed by atoms with Gasteiger partial charge < -0.3 is 0 Å². The average molecular weight is 160 g/mol. The Bertz CT molecular complexity index is 101. The van der Waals surface area contributed by atoms with Crippen molar-refractivity contribution in [3.8, 4) is 0 Å². The van der Waals surface area contributed by atoms with E-state index >= 15 is 0 Å². The Labute approximate surface area is 67.6 Å². The smallest absolute Gasteiger partial charge is 0.136 e. The van der Waals surface area contributed by atoms with E-state index in [4.69, 9.17) is 0 Å². The van der Waals surface area contributed by atoms with Crippen LogP contribution in [0.2, 0.25) is 0 Å². The zero-order chi connectivity index (χ0) is 7.98. The fourth-order valence-electron chi connectivity index (χ4n) is 0.677. The first-order valence-electron chi connectivity index (χ1n) is 3.74. The fourth-order valence-corrected chi connectivity index (χ4v) is 1.08. The maximum absolute atomic E-state index is 11.1. The molecule has 0 amide bonds. The van der Waals surface area contributed by atoms with Gasteiger partial charge in [0, 0.05) is 12.3 Å². The summed E-state index contributed by atoms with van der Waals surface area (Å²) >= 11 is 1.74. The van der Waals surface area contributed by atoms with Crippen molar-refractivity contribution in [1.82, 2.24) is 0 Å². The maximum atomic E-state index is 11.1. The first-order chi connectivity index (χ1) is 4.72. The van der Waals surface area contributed by atoms with E-state index in [9.17, 15) is 4.79 Å². The van der Waals surface area contributed by atoms with Gasteiger partial charge in [0.25, 0.3) is 0 Å². The molecule has 0 bridgehead atoms. The Hall–Kier alpha value is 0.0200. The maximum Gasteiger partial charge on any atom is 0.136 e. The predicted molar refractivity (Wildman–Crippen MR) is 47.5 cm³/mol. The van der Waals surface area contributed by atoms with E-state index in [1.165, 1.54) is 0 Å². The Morgan fingerprint density at radius 1 is 1.60 bits per heavy atom. The molecule has 1 nitrogen and oxygen atoms in total. The molecular weight excluding hydrogens is 144 g/mol. The lowest BCUT2D eigenvalue weighted by molar-refractivity contribution is -0.122. The highest BCUT2D eigenvalue weighted by atomic mass is 32.2. The second-order valence-corrected chi connectivity index (χ2v) is 3.50. The molecule has 0 aliphatic carbocycles. The Morgan fingerprint density at radius 3 is 2.60 bits per heavy atom. The molecule has 0 aromatic rings. The van der Waals surface area contributed by atoms with E-state index in [1.54, 1.807) is 11.8 Å². The van der Waals surface area contributed by atoms with Crippen LogP contribution < -0.4 is 0 Å². The van der Waals surface area contributed by atoms with Crippen molar-refractivity contribution in [2.75, 3.05) is 12.0 Å². The summed E-state index contributed by atoms with van der Waals surface area (Å²) in [6.07, 6.45) is 3.76. The van der Waals surface area contributed by atoms with Crippen LogP contribution in [0, 0.1) is 5.92 Å². The lowest BCUT2D eigenvalue weighted by Crippen LogP contribution is -2.10. The summed E-state index contributed by atoms with van der Waals surface area (Å²) in [4.78, 5) is 11.1. The summed E-state index contributed by atoms with van der Waals surface area (Å²) < 4.78 is 0. The monoisotopic (exact) mass is 160 g/mol. The van der Waals surface area contributed by atoms with Gasteiger partial charge in [0.2, 0.25) is 0 Å². The van der Waals surface area contributed by atoms with Gasteiger partial charge in [0.05, 0.1) is 0 Å². The van der Waals surface area contributed by atoms with Crippen LogP contribution in [0.4, 0.5) is 0 Å². The van der Waals surface area contributed by atoms with Crippen molar-refractivity contribution in [3.63, 3.8) is 0 Å².